The molecule has 2 heterocycles. The van der Waals surface area contributed by atoms with Crippen LogP contribution in [0.5, 0.6) is 0 Å². The van der Waals surface area contributed by atoms with Crippen LogP contribution in [0.25, 0.3) is 11.4 Å². The van der Waals surface area contributed by atoms with E-state index in [0.29, 0.717) is 5.69 Å². The zero-order valence-corrected chi connectivity index (χ0v) is 8.72. The zero-order valence-electron chi connectivity index (χ0n) is 8.72. The average Bonchev–Trinajstić information content (AvgIpc) is 2.67. The second kappa shape index (κ2) is 4.13. The normalized spacial score (nSPS) is 10.5. The highest BCUT2D eigenvalue weighted by molar-refractivity contribution is 5.70. The van der Waals surface area contributed by atoms with E-state index in [2.05, 4.69) is 21.5 Å². The van der Waals surface area contributed by atoms with Crippen LogP contribution in [-0.4, -0.2) is 14.5 Å². The molecular weight excluding hydrogens is 188 g/mol. The summed E-state index contributed by atoms with van der Waals surface area (Å²) in [6, 6.07) is 1.79. The SMILES string of the molecule is CCCn1ccnc1-c1cnccc1N. The Kier molecular flexibility index (Phi) is 2.67. The second-order valence-corrected chi connectivity index (χ2v) is 3.41. The third kappa shape index (κ3) is 1.83. The molecule has 0 bridgehead atoms. The first kappa shape index (κ1) is 9.71. The lowest BCUT2D eigenvalue weighted by molar-refractivity contribution is 0.685. The van der Waals surface area contributed by atoms with Crippen LogP contribution < -0.4 is 5.73 Å². The van der Waals surface area contributed by atoms with Crippen molar-refractivity contribution in [3.63, 3.8) is 0 Å². The number of nitrogen functional groups attached to an aromatic ring is 1. The fourth-order valence-electron chi connectivity index (χ4n) is 1.57. The average molecular weight is 202 g/mol. The molecule has 0 aliphatic rings. The molecule has 0 fully saturated rings. The first-order chi connectivity index (χ1) is 7.33. The number of pyridine rings is 1. The fraction of sp³-hybridized carbons (Fsp3) is 0.273. The Bertz CT molecular complexity index is 447. The number of hydrogen-bond donors (Lipinski definition) is 1. The molecule has 4 heteroatoms. The van der Waals surface area contributed by atoms with E-state index in [1.54, 1.807) is 24.7 Å². The summed E-state index contributed by atoms with van der Waals surface area (Å²) in [5.74, 6) is 0.891. The molecule has 4 nitrogen and oxygen atoms in total. The molecule has 0 aliphatic heterocycles. The smallest absolute Gasteiger partial charge is 0.143 e. The number of anilines is 1. The summed E-state index contributed by atoms with van der Waals surface area (Å²) < 4.78 is 2.09. The Labute approximate surface area is 88.8 Å². The molecule has 2 aromatic heterocycles. The van der Waals surface area contributed by atoms with Crippen molar-refractivity contribution in [2.24, 2.45) is 0 Å². The minimum absolute atomic E-state index is 0.716. The van der Waals surface area contributed by atoms with Crippen LogP contribution in [0, 0.1) is 0 Å². The Morgan fingerprint density at radius 3 is 3.00 bits per heavy atom. The highest BCUT2D eigenvalue weighted by Crippen LogP contribution is 2.22. The minimum Gasteiger partial charge on any atom is -0.398 e. The van der Waals surface area contributed by atoms with Crippen LogP contribution in [0.3, 0.4) is 0 Å². The van der Waals surface area contributed by atoms with E-state index in [1.807, 2.05) is 6.20 Å². The van der Waals surface area contributed by atoms with Crippen LogP contribution in [0.2, 0.25) is 0 Å². The summed E-state index contributed by atoms with van der Waals surface area (Å²) in [5, 5.41) is 0. The summed E-state index contributed by atoms with van der Waals surface area (Å²) in [5.41, 5.74) is 7.50. The van der Waals surface area contributed by atoms with Crippen molar-refractivity contribution in [1.29, 1.82) is 0 Å². The predicted molar refractivity (Wildman–Crippen MR) is 60.2 cm³/mol. The monoisotopic (exact) mass is 202 g/mol. The van der Waals surface area contributed by atoms with E-state index in [1.165, 1.54) is 0 Å². The van der Waals surface area contributed by atoms with Crippen molar-refractivity contribution >= 4 is 5.69 Å². The number of imidazole rings is 1. The van der Waals surface area contributed by atoms with Crippen molar-refractivity contribution in [1.82, 2.24) is 14.5 Å². The first-order valence-electron chi connectivity index (χ1n) is 5.04. The Morgan fingerprint density at radius 1 is 1.40 bits per heavy atom. The van der Waals surface area contributed by atoms with Gasteiger partial charge >= 0.3 is 0 Å². The van der Waals surface area contributed by atoms with E-state index in [9.17, 15) is 0 Å². The van der Waals surface area contributed by atoms with E-state index >= 15 is 0 Å². The van der Waals surface area contributed by atoms with Gasteiger partial charge < -0.3 is 10.3 Å². The van der Waals surface area contributed by atoms with Gasteiger partial charge in [0.15, 0.2) is 0 Å². The van der Waals surface area contributed by atoms with Gasteiger partial charge in [-0.1, -0.05) is 6.92 Å². The molecule has 0 radical (unpaired) electrons. The number of aryl methyl sites for hydroxylation is 1. The number of aromatic nitrogens is 3. The van der Waals surface area contributed by atoms with Gasteiger partial charge in [-0.25, -0.2) is 4.98 Å². The summed E-state index contributed by atoms with van der Waals surface area (Å²) in [6.45, 7) is 3.08. The largest absolute Gasteiger partial charge is 0.398 e. The van der Waals surface area contributed by atoms with Crippen molar-refractivity contribution in [2.45, 2.75) is 19.9 Å². The molecule has 0 unspecified atom stereocenters. The van der Waals surface area contributed by atoms with Crippen molar-refractivity contribution in [3.8, 4) is 11.4 Å². The molecule has 0 saturated heterocycles. The van der Waals surface area contributed by atoms with Crippen molar-refractivity contribution in [2.75, 3.05) is 5.73 Å². The van der Waals surface area contributed by atoms with Gasteiger partial charge in [0, 0.05) is 37.0 Å². The molecule has 0 atom stereocenters. The van der Waals surface area contributed by atoms with Gasteiger partial charge in [0.05, 0.1) is 5.56 Å². The lowest BCUT2D eigenvalue weighted by Gasteiger charge is -2.07. The van der Waals surface area contributed by atoms with Gasteiger partial charge in [-0.05, 0) is 12.5 Å². The molecule has 2 rings (SSSR count). The highest BCUT2D eigenvalue weighted by atomic mass is 15.1. The fourth-order valence-corrected chi connectivity index (χ4v) is 1.57. The van der Waals surface area contributed by atoms with Crippen LogP contribution in [0.4, 0.5) is 5.69 Å². The van der Waals surface area contributed by atoms with Crippen LogP contribution in [-0.2, 0) is 6.54 Å². The minimum atomic E-state index is 0.716. The standard InChI is InChI=1S/C11H14N4/c1-2-6-15-7-5-14-11(15)9-8-13-4-3-10(9)12/h3-5,7-8H,2,6H2,1H3,(H2,12,13). The van der Waals surface area contributed by atoms with Crippen LogP contribution >= 0.6 is 0 Å². The molecule has 0 saturated carbocycles. The molecule has 15 heavy (non-hydrogen) atoms. The van der Waals surface area contributed by atoms with Crippen molar-refractivity contribution < 1.29 is 0 Å². The van der Waals surface area contributed by atoms with E-state index in [4.69, 9.17) is 5.73 Å². The maximum absolute atomic E-state index is 5.88. The summed E-state index contributed by atoms with van der Waals surface area (Å²) in [7, 11) is 0. The third-order valence-electron chi connectivity index (χ3n) is 2.28. The molecule has 2 N–H and O–H groups in total. The second-order valence-electron chi connectivity index (χ2n) is 3.41. The van der Waals surface area contributed by atoms with Gasteiger partial charge in [0.1, 0.15) is 5.82 Å². The van der Waals surface area contributed by atoms with E-state index in [0.717, 1.165) is 24.4 Å². The van der Waals surface area contributed by atoms with Crippen LogP contribution in [0.1, 0.15) is 13.3 Å². The van der Waals surface area contributed by atoms with Gasteiger partial charge in [0.2, 0.25) is 0 Å². The third-order valence-corrected chi connectivity index (χ3v) is 2.28. The topological polar surface area (TPSA) is 56.7 Å². The Balaban J connectivity index is 2.45. The lowest BCUT2D eigenvalue weighted by Crippen LogP contribution is -2.01. The van der Waals surface area contributed by atoms with Gasteiger partial charge in [-0.2, -0.15) is 0 Å². The predicted octanol–water partition coefficient (Wildman–Crippen LogP) is 1.94. The van der Waals surface area contributed by atoms with Gasteiger partial charge in [-0.15, -0.1) is 0 Å². The lowest BCUT2D eigenvalue weighted by atomic mass is 10.2. The van der Waals surface area contributed by atoms with Crippen LogP contribution in [0.15, 0.2) is 30.9 Å². The number of hydrogen-bond acceptors (Lipinski definition) is 3. The Hall–Kier alpha value is -1.84. The van der Waals surface area contributed by atoms with Gasteiger partial charge in [-0.3, -0.25) is 4.98 Å². The number of nitrogens with zero attached hydrogens (tertiary/aromatic N) is 3. The summed E-state index contributed by atoms with van der Waals surface area (Å²) >= 11 is 0. The first-order valence-corrected chi connectivity index (χ1v) is 5.04. The zero-order chi connectivity index (χ0) is 10.7. The quantitative estimate of drug-likeness (QED) is 0.827. The summed E-state index contributed by atoms with van der Waals surface area (Å²) in [6.07, 6.45) is 8.27. The molecule has 2 aromatic rings. The Morgan fingerprint density at radius 2 is 2.27 bits per heavy atom. The maximum atomic E-state index is 5.88. The molecule has 0 amide bonds. The molecule has 0 spiro atoms. The van der Waals surface area contributed by atoms with E-state index in [-0.39, 0.29) is 0 Å². The summed E-state index contributed by atoms with van der Waals surface area (Å²) in [4.78, 5) is 8.38. The maximum Gasteiger partial charge on any atom is 0.143 e. The molecule has 0 aromatic carbocycles. The molecule has 78 valence electrons. The number of nitrogens with two attached hydrogens (primary N) is 1. The molecule has 0 aliphatic carbocycles. The molecular formula is C11H14N4. The van der Waals surface area contributed by atoms with Gasteiger partial charge in [0.25, 0.3) is 0 Å². The van der Waals surface area contributed by atoms with Crippen molar-refractivity contribution in [3.05, 3.63) is 30.9 Å². The number of rotatable bonds is 3. The van der Waals surface area contributed by atoms with E-state index < -0.39 is 0 Å². The highest BCUT2D eigenvalue weighted by Gasteiger charge is 2.08.